The van der Waals surface area contributed by atoms with Crippen LogP contribution in [0, 0.1) is 5.92 Å². The predicted octanol–water partition coefficient (Wildman–Crippen LogP) is 2.62. The molecule has 0 radical (unpaired) electrons. The van der Waals surface area contributed by atoms with Crippen molar-refractivity contribution in [3.05, 3.63) is 83.4 Å². The van der Waals surface area contributed by atoms with Crippen molar-refractivity contribution < 1.29 is 9.53 Å². The number of nitrogens with zero attached hydrogens (tertiary/aromatic N) is 4. The first-order chi connectivity index (χ1) is 16.3. The normalized spacial score (nSPS) is 18.8. The van der Waals surface area contributed by atoms with Crippen molar-refractivity contribution in [2.24, 2.45) is 5.92 Å². The van der Waals surface area contributed by atoms with Crippen molar-refractivity contribution in [2.75, 3.05) is 32.8 Å². The van der Waals surface area contributed by atoms with Crippen LogP contribution < -0.4 is 5.32 Å². The predicted molar refractivity (Wildman–Crippen MR) is 126 cm³/mol. The molecule has 1 amide bonds. The van der Waals surface area contributed by atoms with Gasteiger partial charge in [0.05, 0.1) is 19.1 Å². The molecule has 1 aromatic heterocycles. The highest BCUT2D eigenvalue weighted by atomic mass is 16.5. The Bertz CT molecular complexity index is 1010. The van der Waals surface area contributed by atoms with Crippen molar-refractivity contribution in [3.63, 3.8) is 0 Å². The number of fused-ring (bicyclic) bond motifs is 1. The summed E-state index contributed by atoms with van der Waals surface area (Å²) in [5.74, 6) is 2.17. The molecule has 33 heavy (non-hydrogen) atoms. The number of hydrogen-bond donors (Lipinski definition) is 1. The van der Waals surface area contributed by atoms with Crippen molar-refractivity contribution >= 4 is 5.91 Å². The lowest BCUT2D eigenvalue weighted by molar-refractivity contribution is -0.125. The average Bonchev–Trinajstić information content (AvgIpc) is 3.49. The number of carbonyl (C=O) groups is 1. The van der Waals surface area contributed by atoms with Crippen LogP contribution in [0.15, 0.2) is 60.7 Å². The van der Waals surface area contributed by atoms with Crippen LogP contribution in [0.4, 0.5) is 0 Å². The molecule has 2 aromatic carbocycles. The van der Waals surface area contributed by atoms with Crippen LogP contribution in [0.25, 0.3) is 0 Å². The van der Waals surface area contributed by atoms with E-state index in [-0.39, 0.29) is 11.8 Å². The molecule has 2 aliphatic heterocycles. The van der Waals surface area contributed by atoms with Crippen molar-refractivity contribution in [2.45, 2.75) is 31.8 Å². The van der Waals surface area contributed by atoms with Gasteiger partial charge < -0.3 is 19.5 Å². The molecule has 3 aromatic rings. The van der Waals surface area contributed by atoms with E-state index in [2.05, 4.69) is 85.6 Å². The second-order valence-electron chi connectivity index (χ2n) is 8.89. The maximum Gasteiger partial charge on any atom is 0.225 e. The molecule has 1 N–H and O–H groups in total. The van der Waals surface area contributed by atoms with Crippen LogP contribution in [-0.4, -0.2) is 58.4 Å². The number of ether oxygens (including phenoxy) is 1. The maximum absolute atomic E-state index is 12.4. The van der Waals surface area contributed by atoms with Crippen molar-refractivity contribution in [1.82, 2.24) is 25.0 Å². The summed E-state index contributed by atoms with van der Waals surface area (Å²) >= 11 is 0. The van der Waals surface area contributed by atoms with E-state index in [1.165, 1.54) is 11.1 Å². The second-order valence-corrected chi connectivity index (χ2v) is 8.89. The number of amides is 1. The molecule has 7 nitrogen and oxygen atoms in total. The fraction of sp³-hybridized carbons (Fsp3) is 0.423. The van der Waals surface area contributed by atoms with E-state index in [4.69, 9.17) is 4.74 Å². The molecule has 1 unspecified atom stereocenters. The van der Waals surface area contributed by atoms with Crippen molar-refractivity contribution in [3.8, 4) is 0 Å². The SMILES string of the molecule is O=C(NCc1nnc2n1CCN(CC(c1ccccc1)c1ccccc1)CC2)C1CCOC1. The first kappa shape index (κ1) is 21.8. The zero-order chi connectivity index (χ0) is 22.5. The Morgan fingerprint density at radius 2 is 1.73 bits per heavy atom. The van der Waals surface area contributed by atoms with Crippen LogP contribution in [0.2, 0.25) is 0 Å². The minimum atomic E-state index is -0.0417. The van der Waals surface area contributed by atoms with Gasteiger partial charge >= 0.3 is 0 Å². The first-order valence-electron chi connectivity index (χ1n) is 11.9. The van der Waals surface area contributed by atoms with Crippen LogP contribution in [-0.2, 0) is 29.0 Å². The molecule has 2 aliphatic rings. The minimum absolute atomic E-state index is 0.0417. The van der Waals surface area contributed by atoms with E-state index in [0.717, 1.165) is 50.7 Å². The van der Waals surface area contributed by atoms with Gasteiger partial charge in [-0.05, 0) is 17.5 Å². The standard InChI is InChI=1S/C26H31N5O2/c32-26(22-12-16-33-19-22)27-17-25-29-28-24-11-13-30(14-15-31(24)25)18-23(20-7-3-1-4-8-20)21-9-5-2-6-10-21/h1-10,22-23H,11-19H2,(H,27,32). The number of hydrogen-bond acceptors (Lipinski definition) is 5. The maximum atomic E-state index is 12.4. The van der Waals surface area contributed by atoms with Gasteiger partial charge in [-0.2, -0.15) is 0 Å². The zero-order valence-electron chi connectivity index (χ0n) is 18.9. The third-order valence-electron chi connectivity index (χ3n) is 6.76. The molecular formula is C26H31N5O2. The Morgan fingerprint density at radius 1 is 1.00 bits per heavy atom. The first-order valence-corrected chi connectivity index (χ1v) is 11.9. The summed E-state index contributed by atoms with van der Waals surface area (Å²) in [6.45, 7) is 5.26. The fourth-order valence-corrected chi connectivity index (χ4v) is 4.82. The van der Waals surface area contributed by atoms with Gasteiger partial charge in [-0.15, -0.1) is 10.2 Å². The van der Waals surface area contributed by atoms with Gasteiger partial charge in [-0.1, -0.05) is 60.7 Å². The molecule has 0 aliphatic carbocycles. The number of nitrogens with one attached hydrogen (secondary N) is 1. The largest absolute Gasteiger partial charge is 0.381 e. The number of aromatic nitrogens is 3. The molecule has 1 atom stereocenters. The van der Waals surface area contributed by atoms with Gasteiger partial charge in [0.15, 0.2) is 5.82 Å². The smallest absolute Gasteiger partial charge is 0.225 e. The Hall–Kier alpha value is -3.03. The van der Waals surface area contributed by atoms with E-state index < -0.39 is 0 Å². The summed E-state index contributed by atoms with van der Waals surface area (Å²) in [5.41, 5.74) is 2.68. The van der Waals surface area contributed by atoms with Crippen LogP contribution >= 0.6 is 0 Å². The Kier molecular flexibility index (Phi) is 6.79. The van der Waals surface area contributed by atoms with Crippen LogP contribution in [0.5, 0.6) is 0 Å². The molecule has 1 fully saturated rings. The van der Waals surface area contributed by atoms with Gasteiger partial charge in [0.2, 0.25) is 5.91 Å². The monoisotopic (exact) mass is 445 g/mol. The van der Waals surface area contributed by atoms with Crippen LogP contribution in [0.3, 0.4) is 0 Å². The van der Waals surface area contributed by atoms with E-state index in [9.17, 15) is 4.79 Å². The molecule has 0 bridgehead atoms. The summed E-state index contributed by atoms with van der Waals surface area (Å²) < 4.78 is 7.52. The lowest BCUT2D eigenvalue weighted by Crippen LogP contribution is -2.33. The highest BCUT2D eigenvalue weighted by Crippen LogP contribution is 2.26. The third-order valence-corrected chi connectivity index (χ3v) is 6.76. The summed E-state index contributed by atoms with van der Waals surface area (Å²) in [6.07, 6.45) is 1.65. The Labute approximate surface area is 194 Å². The molecule has 0 saturated carbocycles. The molecule has 172 valence electrons. The van der Waals surface area contributed by atoms with E-state index in [1.54, 1.807) is 0 Å². The third kappa shape index (κ3) is 5.15. The van der Waals surface area contributed by atoms with Gasteiger partial charge in [-0.25, -0.2) is 0 Å². The molecular weight excluding hydrogens is 414 g/mol. The van der Waals surface area contributed by atoms with E-state index in [0.29, 0.717) is 25.7 Å². The quantitative estimate of drug-likeness (QED) is 0.605. The van der Waals surface area contributed by atoms with Gasteiger partial charge in [0, 0.05) is 45.1 Å². The second kappa shape index (κ2) is 10.3. The number of rotatable bonds is 7. The summed E-state index contributed by atoms with van der Waals surface area (Å²) in [7, 11) is 0. The number of carbonyl (C=O) groups excluding carboxylic acids is 1. The lowest BCUT2D eigenvalue weighted by Gasteiger charge is -2.27. The molecule has 1 saturated heterocycles. The minimum Gasteiger partial charge on any atom is -0.381 e. The Balaban J connectivity index is 1.25. The molecule has 3 heterocycles. The zero-order valence-corrected chi connectivity index (χ0v) is 18.9. The summed E-state index contributed by atoms with van der Waals surface area (Å²) in [4.78, 5) is 14.9. The number of benzene rings is 2. The lowest BCUT2D eigenvalue weighted by atomic mass is 9.90. The average molecular weight is 446 g/mol. The Morgan fingerprint density at radius 3 is 2.39 bits per heavy atom. The van der Waals surface area contributed by atoms with E-state index in [1.807, 2.05) is 0 Å². The summed E-state index contributed by atoms with van der Waals surface area (Å²) in [5, 5.41) is 11.8. The van der Waals surface area contributed by atoms with Crippen molar-refractivity contribution in [1.29, 1.82) is 0 Å². The summed E-state index contributed by atoms with van der Waals surface area (Å²) in [6, 6.07) is 21.5. The topological polar surface area (TPSA) is 72.3 Å². The molecule has 5 rings (SSSR count). The van der Waals surface area contributed by atoms with E-state index >= 15 is 0 Å². The van der Waals surface area contributed by atoms with Gasteiger partial charge in [-0.3, -0.25) is 4.79 Å². The fourth-order valence-electron chi connectivity index (χ4n) is 4.82. The van der Waals surface area contributed by atoms with Gasteiger partial charge in [0.25, 0.3) is 0 Å². The van der Waals surface area contributed by atoms with Gasteiger partial charge in [0.1, 0.15) is 5.82 Å². The highest BCUT2D eigenvalue weighted by Gasteiger charge is 2.25. The highest BCUT2D eigenvalue weighted by molar-refractivity contribution is 5.78. The molecule has 7 heteroatoms. The molecule has 0 spiro atoms. The van der Waals surface area contributed by atoms with Crippen LogP contribution in [0.1, 0.15) is 35.1 Å².